The first kappa shape index (κ1) is 25.8. The molecule has 2 aromatic heterocycles. The van der Waals surface area contributed by atoms with Gasteiger partial charge in [0.25, 0.3) is 5.56 Å². The Hall–Kier alpha value is -3.51. The Bertz CT molecular complexity index is 1500. The highest BCUT2D eigenvalue weighted by atomic mass is 16.1. The van der Waals surface area contributed by atoms with Crippen molar-refractivity contribution in [1.82, 2.24) is 19.9 Å². The lowest BCUT2D eigenvalue weighted by atomic mass is 9.99. The molecule has 39 heavy (non-hydrogen) atoms. The van der Waals surface area contributed by atoms with E-state index in [1.807, 2.05) is 10.8 Å². The number of aryl methyl sites for hydroxylation is 2. The number of hydrogen-bond acceptors (Lipinski definition) is 5. The Labute approximate surface area is 231 Å². The SMILES string of the molecule is Cc1ccc(-c2cc(=O)n(C3CCCC3)c3nc(N4CCC(NCCc5ccccc5)CC4)ncc23)cc1C. The Morgan fingerprint density at radius 3 is 2.44 bits per heavy atom. The van der Waals surface area contributed by atoms with Crippen molar-refractivity contribution in [3.8, 4) is 11.1 Å². The third-order valence-corrected chi connectivity index (χ3v) is 8.75. The van der Waals surface area contributed by atoms with Crippen LogP contribution in [0.5, 0.6) is 0 Å². The van der Waals surface area contributed by atoms with Crippen molar-refractivity contribution in [2.24, 2.45) is 0 Å². The smallest absolute Gasteiger partial charge is 0.253 e. The van der Waals surface area contributed by atoms with Crippen LogP contribution in [0.1, 0.15) is 61.3 Å². The molecule has 1 saturated heterocycles. The maximum atomic E-state index is 13.6. The Morgan fingerprint density at radius 1 is 0.923 bits per heavy atom. The zero-order valence-corrected chi connectivity index (χ0v) is 23.2. The lowest BCUT2D eigenvalue weighted by molar-refractivity contribution is 0.415. The van der Waals surface area contributed by atoms with Gasteiger partial charge >= 0.3 is 0 Å². The minimum absolute atomic E-state index is 0.0496. The molecule has 1 aliphatic heterocycles. The van der Waals surface area contributed by atoms with E-state index in [1.165, 1.54) is 29.5 Å². The number of benzene rings is 2. The molecule has 1 saturated carbocycles. The molecule has 0 atom stereocenters. The fraction of sp³-hybridized carbons (Fsp3) is 0.424. The van der Waals surface area contributed by atoms with E-state index in [1.54, 1.807) is 6.07 Å². The van der Waals surface area contributed by atoms with Crippen LogP contribution in [0, 0.1) is 13.8 Å². The Morgan fingerprint density at radius 2 is 1.69 bits per heavy atom. The molecule has 202 valence electrons. The van der Waals surface area contributed by atoms with Gasteiger partial charge in [-0.05, 0) is 80.3 Å². The Kier molecular flexibility index (Phi) is 7.47. The molecule has 6 nitrogen and oxygen atoms in total. The van der Waals surface area contributed by atoms with E-state index in [4.69, 9.17) is 9.97 Å². The van der Waals surface area contributed by atoms with E-state index >= 15 is 0 Å². The monoisotopic (exact) mass is 521 g/mol. The highest BCUT2D eigenvalue weighted by Crippen LogP contribution is 2.34. The second kappa shape index (κ2) is 11.3. The van der Waals surface area contributed by atoms with Gasteiger partial charge in [0.05, 0.1) is 0 Å². The summed E-state index contributed by atoms with van der Waals surface area (Å²) in [5.41, 5.74) is 6.67. The molecule has 4 aromatic rings. The fourth-order valence-corrected chi connectivity index (χ4v) is 6.28. The third-order valence-electron chi connectivity index (χ3n) is 8.75. The Balaban J connectivity index is 1.25. The van der Waals surface area contributed by atoms with Gasteiger partial charge in [0, 0.05) is 42.8 Å². The predicted molar refractivity (Wildman–Crippen MR) is 160 cm³/mol. The van der Waals surface area contributed by atoms with Crippen molar-refractivity contribution in [3.05, 3.63) is 87.8 Å². The van der Waals surface area contributed by atoms with Crippen LogP contribution >= 0.6 is 0 Å². The number of fused-ring (bicyclic) bond motifs is 1. The summed E-state index contributed by atoms with van der Waals surface area (Å²) in [4.78, 5) is 25.8. The number of nitrogens with one attached hydrogen (secondary N) is 1. The topological polar surface area (TPSA) is 63.1 Å². The second-order valence-corrected chi connectivity index (χ2v) is 11.4. The van der Waals surface area contributed by atoms with E-state index in [9.17, 15) is 4.79 Å². The molecule has 0 radical (unpaired) electrons. The molecule has 6 heteroatoms. The summed E-state index contributed by atoms with van der Waals surface area (Å²) in [5, 5.41) is 4.71. The van der Waals surface area contributed by atoms with E-state index in [2.05, 4.69) is 72.6 Å². The lowest BCUT2D eigenvalue weighted by Crippen LogP contribution is -2.43. The fourth-order valence-electron chi connectivity index (χ4n) is 6.28. The average Bonchev–Trinajstić information content (AvgIpc) is 3.49. The molecular formula is C33H39N5O. The molecule has 0 amide bonds. The quantitative estimate of drug-likeness (QED) is 0.324. The number of anilines is 1. The molecule has 0 unspecified atom stereocenters. The van der Waals surface area contributed by atoms with Crippen LogP contribution in [0.4, 0.5) is 5.95 Å². The standard InChI is InChI=1S/C33H39N5O/c1-23-12-13-26(20-24(23)2)29-21-31(39)38(28-10-6-7-11-28)32-30(29)22-35-33(36-32)37-18-15-27(16-19-37)34-17-14-25-8-4-3-5-9-25/h3-5,8-9,12-13,20-22,27-28,34H,6-7,10-11,14-19H2,1-2H3. The summed E-state index contributed by atoms with van der Waals surface area (Å²) in [5.74, 6) is 0.744. The third kappa shape index (κ3) is 5.48. The summed E-state index contributed by atoms with van der Waals surface area (Å²) in [6.07, 6.45) is 9.55. The molecule has 1 aliphatic carbocycles. The van der Waals surface area contributed by atoms with Crippen molar-refractivity contribution in [2.45, 2.75) is 70.9 Å². The number of aromatic nitrogens is 3. The summed E-state index contributed by atoms with van der Waals surface area (Å²) >= 11 is 0. The minimum atomic E-state index is 0.0496. The highest BCUT2D eigenvalue weighted by Gasteiger charge is 2.25. The summed E-state index contributed by atoms with van der Waals surface area (Å²) in [6.45, 7) is 7.07. The van der Waals surface area contributed by atoms with Crippen molar-refractivity contribution >= 4 is 17.0 Å². The normalized spacial score (nSPS) is 16.8. The molecular weight excluding hydrogens is 482 g/mol. The summed E-state index contributed by atoms with van der Waals surface area (Å²) < 4.78 is 1.97. The van der Waals surface area contributed by atoms with Crippen molar-refractivity contribution < 1.29 is 0 Å². The van der Waals surface area contributed by atoms with Crippen LogP contribution in [-0.2, 0) is 6.42 Å². The molecule has 2 fully saturated rings. The predicted octanol–water partition coefficient (Wildman–Crippen LogP) is 5.99. The van der Waals surface area contributed by atoms with Crippen LogP contribution < -0.4 is 15.8 Å². The van der Waals surface area contributed by atoms with Gasteiger partial charge in [-0.2, -0.15) is 4.98 Å². The van der Waals surface area contributed by atoms with Gasteiger partial charge in [-0.1, -0.05) is 61.4 Å². The van der Waals surface area contributed by atoms with E-state index in [0.717, 1.165) is 79.8 Å². The summed E-state index contributed by atoms with van der Waals surface area (Å²) in [7, 11) is 0. The maximum absolute atomic E-state index is 13.6. The van der Waals surface area contributed by atoms with Crippen LogP contribution in [0.2, 0.25) is 0 Å². The van der Waals surface area contributed by atoms with E-state index < -0.39 is 0 Å². The zero-order valence-electron chi connectivity index (χ0n) is 23.2. The number of hydrogen-bond donors (Lipinski definition) is 1. The first-order valence-corrected chi connectivity index (χ1v) is 14.6. The minimum Gasteiger partial charge on any atom is -0.341 e. The number of rotatable bonds is 7. The first-order valence-electron chi connectivity index (χ1n) is 14.6. The molecule has 1 N–H and O–H groups in total. The zero-order chi connectivity index (χ0) is 26.8. The van der Waals surface area contributed by atoms with Crippen LogP contribution in [-0.4, -0.2) is 40.2 Å². The second-order valence-electron chi connectivity index (χ2n) is 11.4. The van der Waals surface area contributed by atoms with Crippen molar-refractivity contribution in [2.75, 3.05) is 24.5 Å². The molecule has 0 spiro atoms. The maximum Gasteiger partial charge on any atom is 0.253 e. The van der Waals surface area contributed by atoms with Gasteiger partial charge < -0.3 is 10.2 Å². The van der Waals surface area contributed by atoms with E-state index in [-0.39, 0.29) is 11.6 Å². The van der Waals surface area contributed by atoms with Gasteiger partial charge in [0.15, 0.2) is 0 Å². The van der Waals surface area contributed by atoms with Gasteiger partial charge in [0.1, 0.15) is 5.65 Å². The lowest BCUT2D eigenvalue weighted by Gasteiger charge is -2.32. The number of piperidine rings is 1. The van der Waals surface area contributed by atoms with E-state index in [0.29, 0.717) is 6.04 Å². The first-order chi connectivity index (χ1) is 19.1. The van der Waals surface area contributed by atoms with Crippen LogP contribution in [0.3, 0.4) is 0 Å². The number of nitrogens with zero attached hydrogens (tertiary/aromatic N) is 4. The highest BCUT2D eigenvalue weighted by molar-refractivity contribution is 5.93. The average molecular weight is 522 g/mol. The van der Waals surface area contributed by atoms with Gasteiger partial charge in [0.2, 0.25) is 5.95 Å². The van der Waals surface area contributed by atoms with Gasteiger partial charge in [-0.3, -0.25) is 9.36 Å². The van der Waals surface area contributed by atoms with Crippen LogP contribution in [0.25, 0.3) is 22.2 Å². The largest absolute Gasteiger partial charge is 0.341 e. The van der Waals surface area contributed by atoms with Crippen molar-refractivity contribution in [1.29, 1.82) is 0 Å². The van der Waals surface area contributed by atoms with Crippen molar-refractivity contribution in [3.63, 3.8) is 0 Å². The molecule has 0 bridgehead atoms. The molecule has 2 aliphatic rings. The molecule has 6 rings (SSSR count). The van der Waals surface area contributed by atoms with Crippen LogP contribution in [0.15, 0.2) is 65.6 Å². The molecule has 2 aromatic carbocycles. The van der Waals surface area contributed by atoms with Gasteiger partial charge in [-0.25, -0.2) is 4.98 Å². The number of pyridine rings is 1. The summed E-state index contributed by atoms with van der Waals surface area (Å²) in [6, 6.07) is 19.6. The molecule has 3 heterocycles. The van der Waals surface area contributed by atoms with Gasteiger partial charge in [-0.15, -0.1) is 0 Å².